The molecule has 0 saturated heterocycles. The van der Waals surface area contributed by atoms with Crippen molar-refractivity contribution >= 4 is 11.6 Å². The van der Waals surface area contributed by atoms with Crippen molar-refractivity contribution in [3.05, 3.63) is 63.7 Å². The summed E-state index contributed by atoms with van der Waals surface area (Å²) in [5, 5.41) is 13.4. The summed E-state index contributed by atoms with van der Waals surface area (Å²) in [6.45, 7) is 0.266. The highest BCUT2D eigenvalue weighted by atomic mass is 16.6. The highest BCUT2D eigenvalue weighted by molar-refractivity contribution is 5.94. The van der Waals surface area contributed by atoms with Crippen LogP contribution in [0.2, 0.25) is 0 Å². The molecule has 1 amide bonds. The number of nitrogens with zero attached hydrogens (tertiary/aromatic N) is 1. The smallest absolute Gasteiger partial charge is 0.270 e. The summed E-state index contributed by atoms with van der Waals surface area (Å²) in [6.07, 6.45) is 0. The van der Waals surface area contributed by atoms with Crippen molar-refractivity contribution in [2.75, 3.05) is 14.2 Å². The molecule has 0 heterocycles. The Hall–Kier alpha value is -3.09. The third kappa shape index (κ3) is 3.97. The Morgan fingerprint density at radius 3 is 2.52 bits per heavy atom. The van der Waals surface area contributed by atoms with Crippen LogP contribution in [0.15, 0.2) is 42.5 Å². The van der Waals surface area contributed by atoms with Gasteiger partial charge in [0.2, 0.25) is 0 Å². The Morgan fingerprint density at radius 1 is 1.13 bits per heavy atom. The highest BCUT2D eigenvalue weighted by Gasteiger charge is 2.11. The number of benzene rings is 2. The lowest BCUT2D eigenvalue weighted by Gasteiger charge is -2.10. The predicted octanol–water partition coefficient (Wildman–Crippen LogP) is 2.54. The number of amides is 1. The van der Waals surface area contributed by atoms with Crippen molar-refractivity contribution in [1.29, 1.82) is 0 Å². The molecular formula is C16H16N2O5. The summed E-state index contributed by atoms with van der Waals surface area (Å²) >= 11 is 0. The molecule has 0 aliphatic heterocycles. The van der Waals surface area contributed by atoms with Crippen molar-refractivity contribution in [3.63, 3.8) is 0 Å². The van der Waals surface area contributed by atoms with E-state index in [0.29, 0.717) is 11.5 Å². The van der Waals surface area contributed by atoms with Gasteiger partial charge in [-0.1, -0.05) is 12.1 Å². The Balaban J connectivity index is 2.07. The minimum atomic E-state index is -0.537. The summed E-state index contributed by atoms with van der Waals surface area (Å²) in [7, 11) is 3.07. The number of carbonyl (C=O) groups is 1. The third-order valence-corrected chi connectivity index (χ3v) is 3.22. The van der Waals surface area contributed by atoms with Gasteiger partial charge in [-0.3, -0.25) is 14.9 Å². The quantitative estimate of drug-likeness (QED) is 0.653. The van der Waals surface area contributed by atoms with E-state index in [1.54, 1.807) is 25.3 Å². The first kappa shape index (κ1) is 16.3. The Kier molecular flexibility index (Phi) is 5.14. The van der Waals surface area contributed by atoms with E-state index < -0.39 is 4.92 Å². The summed E-state index contributed by atoms with van der Waals surface area (Å²) in [4.78, 5) is 22.3. The maximum Gasteiger partial charge on any atom is 0.270 e. The van der Waals surface area contributed by atoms with Gasteiger partial charge in [-0.25, -0.2) is 0 Å². The fourth-order valence-corrected chi connectivity index (χ4v) is 2.04. The number of nitro groups is 1. The number of methoxy groups -OCH3 is 2. The zero-order valence-corrected chi connectivity index (χ0v) is 12.7. The molecule has 0 aliphatic carbocycles. The zero-order valence-electron chi connectivity index (χ0n) is 12.7. The molecule has 0 atom stereocenters. The molecule has 7 nitrogen and oxygen atoms in total. The van der Waals surface area contributed by atoms with Gasteiger partial charge in [0.15, 0.2) is 11.5 Å². The summed E-state index contributed by atoms with van der Waals surface area (Å²) < 4.78 is 10.3. The van der Waals surface area contributed by atoms with E-state index in [1.807, 2.05) is 0 Å². The Labute approximate surface area is 133 Å². The maximum absolute atomic E-state index is 12.1. The number of rotatable bonds is 6. The van der Waals surface area contributed by atoms with Crippen LogP contribution in [0.1, 0.15) is 15.9 Å². The molecule has 0 saturated carbocycles. The fourth-order valence-electron chi connectivity index (χ4n) is 2.04. The van der Waals surface area contributed by atoms with Crippen molar-refractivity contribution in [3.8, 4) is 11.5 Å². The summed E-state index contributed by atoms with van der Waals surface area (Å²) in [5.41, 5.74) is 0.935. The van der Waals surface area contributed by atoms with E-state index in [9.17, 15) is 14.9 Å². The van der Waals surface area contributed by atoms with E-state index >= 15 is 0 Å². The molecule has 1 N–H and O–H groups in total. The normalized spacial score (nSPS) is 10.0. The molecule has 0 aromatic heterocycles. The van der Waals surface area contributed by atoms with Gasteiger partial charge in [0.1, 0.15) is 0 Å². The topological polar surface area (TPSA) is 90.7 Å². The number of carbonyl (C=O) groups excluding carboxylic acids is 1. The van der Waals surface area contributed by atoms with E-state index in [1.165, 1.54) is 31.4 Å². The van der Waals surface area contributed by atoms with Crippen LogP contribution >= 0.6 is 0 Å². The summed E-state index contributed by atoms with van der Waals surface area (Å²) in [5.74, 6) is 0.777. The molecular weight excluding hydrogens is 300 g/mol. The number of nitrogens with one attached hydrogen (secondary N) is 1. The second kappa shape index (κ2) is 7.26. The van der Waals surface area contributed by atoms with Crippen LogP contribution in [0.5, 0.6) is 11.5 Å². The molecule has 0 spiro atoms. The lowest BCUT2D eigenvalue weighted by Crippen LogP contribution is -2.22. The monoisotopic (exact) mass is 316 g/mol. The number of hydrogen-bond donors (Lipinski definition) is 1. The second-order valence-electron chi connectivity index (χ2n) is 4.68. The minimum absolute atomic E-state index is 0.122. The van der Waals surface area contributed by atoms with Gasteiger partial charge in [0.25, 0.3) is 11.6 Å². The number of non-ortho nitro benzene ring substituents is 1. The molecule has 23 heavy (non-hydrogen) atoms. The third-order valence-electron chi connectivity index (χ3n) is 3.22. The van der Waals surface area contributed by atoms with Crippen LogP contribution in [0.4, 0.5) is 5.69 Å². The van der Waals surface area contributed by atoms with Crippen LogP contribution in [0, 0.1) is 10.1 Å². The van der Waals surface area contributed by atoms with Gasteiger partial charge in [-0.05, 0) is 23.8 Å². The van der Waals surface area contributed by atoms with Crippen LogP contribution in [-0.4, -0.2) is 25.1 Å². The van der Waals surface area contributed by atoms with Crippen molar-refractivity contribution in [1.82, 2.24) is 5.32 Å². The molecule has 0 radical (unpaired) electrons. The standard InChI is InChI=1S/C16H16N2O5/c1-22-14-7-6-11(8-15(14)23-2)10-17-16(19)12-4-3-5-13(9-12)18(20)21/h3-9H,10H2,1-2H3,(H,17,19). The molecule has 2 aromatic rings. The maximum atomic E-state index is 12.1. The van der Waals surface area contributed by atoms with Gasteiger partial charge >= 0.3 is 0 Å². The lowest BCUT2D eigenvalue weighted by atomic mass is 10.1. The van der Waals surface area contributed by atoms with E-state index in [-0.39, 0.29) is 23.7 Å². The van der Waals surface area contributed by atoms with Crippen LogP contribution in [0.3, 0.4) is 0 Å². The van der Waals surface area contributed by atoms with Crippen LogP contribution in [0.25, 0.3) is 0 Å². The summed E-state index contributed by atoms with van der Waals surface area (Å²) in [6, 6.07) is 10.9. The number of nitro benzene ring substituents is 1. The fraction of sp³-hybridized carbons (Fsp3) is 0.188. The van der Waals surface area contributed by atoms with Crippen LogP contribution < -0.4 is 14.8 Å². The molecule has 0 unspecified atom stereocenters. The van der Waals surface area contributed by atoms with Crippen molar-refractivity contribution in [2.45, 2.75) is 6.54 Å². The first-order chi connectivity index (χ1) is 11.0. The molecule has 0 aliphatic rings. The number of hydrogen-bond acceptors (Lipinski definition) is 5. The molecule has 2 rings (SSSR count). The average Bonchev–Trinajstić information content (AvgIpc) is 2.59. The lowest BCUT2D eigenvalue weighted by molar-refractivity contribution is -0.384. The first-order valence-electron chi connectivity index (χ1n) is 6.78. The van der Waals surface area contributed by atoms with Crippen molar-refractivity contribution in [2.24, 2.45) is 0 Å². The average molecular weight is 316 g/mol. The van der Waals surface area contributed by atoms with E-state index in [2.05, 4.69) is 5.32 Å². The van der Waals surface area contributed by atoms with Gasteiger partial charge in [-0.2, -0.15) is 0 Å². The first-order valence-corrected chi connectivity index (χ1v) is 6.78. The molecule has 7 heteroatoms. The second-order valence-corrected chi connectivity index (χ2v) is 4.68. The zero-order chi connectivity index (χ0) is 16.8. The van der Waals surface area contributed by atoms with Gasteiger partial charge in [0.05, 0.1) is 19.1 Å². The SMILES string of the molecule is COc1ccc(CNC(=O)c2cccc([N+](=O)[O-])c2)cc1OC. The minimum Gasteiger partial charge on any atom is -0.493 e. The van der Waals surface area contributed by atoms with Gasteiger partial charge in [0, 0.05) is 24.2 Å². The predicted molar refractivity (Wildman–Crippen MR) is 83.8 cm³/mol. The Morgan fingerprint density at radius 2 is 1.87 bits per heavy atom. The molecule has 0 bridgehead atoms. The van der Waals surface area contributed by atoms with Crippen LogP contribution in [-0.2, 0) is 6.54 Å². The molecule has 0 fully saturated rings. The highest BCUT2D eigenvalue weighted by Crippen LogP contribution is 2.27. The molecule has 2 aromatic carbocycles. The number of ether oxygens (including phenoxy) is 2. The van der Waals surface area contributed by atoms with E-state index in [4.69, 9.17) is 9.47 Å². The van der Waals surface area contributed by atoms with Crippen molar-refractivity contribution < 1.29 is 19.2 Å². The Bertz CT molecular complexity index is 730. The van der Waals surface area contributed by atoms with Gasteiger partial charge in [-0.15, -0.1) is 0 Å². The van der Waals surface area contributed by atoms with E-state index in [0.717, 1.165) is 5.56 Å². The molecule has 120 valence electrons. The largest absolute Gasteiger partial charge is 0.493 e. The van der Waals surface area contributed by atoms with Gasteiger partial charge < -0.3 is 14.8 Å².